The van der Waals surface area contributed by atoms with Crippen LogP contribution in [-0.4, -0.2) is 52.5 Å². The first-order valence-electron chi connectivity index (χ1n) is 11.4. The van der Waals surface area contributed by atoms with Gasteiger partial charge in [0.2, 0.25) is 5.91 Å². The SMILES string of the molecule is O=C(Nc1ccc(-c2cn[nH]c2)cc1OCCCO)NC(Cc1ccccc1)C(=O)NC1CC1. The molecule has 0 saturated heterocycles. The van der Waals surface area contributed by atoms with Crippen LogP contribution in [0.25, 0.3) is 11.1 Å². The number of anilines is 1. The molecule has 4 rings (SSSR count). The number of aliphatic hydroxyl groups excluding tert-OH is 1. The molecule has 2 aromatic carbocycles. The summed E-state index contributed by atoms with van der Waals surface area (Å²) < 4.78 is 5.81. The Bertz CT molecular complexity index is 1080. The standard InChI is InChI=1S/C25H29N5O4/c31-11-4-12-34-23-14-18(19-15-26-27-16-19)7-10-21(23)29-25(33)30-22(24(32)28-20-8-9-20)13-17-5-2-1-3-6-17/h1-3,5-7,10,14-16,20,22,31H,4,8-9,11-13H2,(H,26,27)(H,28,32)(H2,29,30,33). The van der Waals surface area contributed by atoms with Gasteiger partial charge in [0.05, 0.1) is 18.5 Å². The number of urea groups is 1. The van der Waals surface area contributed by atoms with Crippen molar-refractivity contribution in [1.82, 2.24) is 20.8 Å². The van der Waals surface area contributed by atoms with Crippen LogP contribution < -0.4 is 20.7 Å². The van der Waals surface area contributed by atoms with E-state index in [0.29, 0.717) is 30.9 Å². The summed E-state index contributed by atoms with van der Waals surface area (Å²) in [5.41, 5.74) is 3.16. The van der Waals surface area contributed by atoms with Gasteiger partial charge in [-0.3, -0.25) is 9.89 Å². The summed E-state index contributed by atoms with van der Waals surface area (Å²) in [5.74, 6) is 0.264. The second-order valence-electron chi connectivity index (χ2n) is 8.25. The molecule has 9 heteroatoms. The lowest BCUT2D eigenvalue weighted by Crippen LogP contribution is -2.49. The van der Waals surface area contributed by atoms with E-state index in [2.05, 4.69) is 26.1 Å². The quantitative estimate of drug-likeness (QED) is 0.279. The third-order valence-corrected chi connectivity index (χ3v) is 5.45. The van der Waals surface area contributed by atoms with Crippen LogP contribution in [0.4, 0.5) is 10.5 Å². The highest BCUT2D eigenvalue weighted by atomic mass is 16.5. The number of carbonyl (C=O) groups excluding carboxylic acids is 2. The van der Waals surface area contributed by atoms with Gasteiger partial charge >= 0.3 is 6.03 Å². The van der Waals surface area contributed by atoms with Crippen LogP contribution in [0.15, 0.2) is 60.9 Å². The van der Waals surface area contributed by atoms with Crippen molar-refractivity contribution in [2.75, 3.05) is 18.5 Å². The Morgan fingerprint density at radius 1 is 1.15 bits per heavy atom. The van der Waals surface area contributed by atoms with E-state index >= 15 is 0 Å². The molecule has 34 heavy (non-hydrogen) atoms. The Labute approximate surface area is 197 Å². The summed E-state index contributed by atoms with van der Waals surface area (Å²) in [4.78, 5) is 25.7. The van der Waals surface area contributed by atoms with Gasteiger partial charge in [0.25, 0.3) is 0 Å². The molecular formula is C25H29N5O4. The van der Waals surface area contributed by atoms with Crippen molar-refractivity contribution in [1.29, 1.82) is 0 Å². The van der Waals surface area contributed by atoms with Gasteiger partial charge in [0.15, 0.2) is 0 Å². The zero-order valence-electron chi connectivity index (χ0n) is 18.8. The summed E-state index contributed by atoms with van der Waals surface area (Å²) in [5, 5.41) is 24.4. The molecule has 1 aromatic heterocycles. The average molecular weight is 464 g/mol. The molecule has 0 radical (unpaired) electrons. The molecule has 9 nitrogen and oxygen atoms in total. The van der Waals surface area contributed by atoms with E-state index in [-0.39, 0.29) is 18.6 Å². The van der Waals surface area contributed by atoms with Crippen LogP contribution in [0, 0.1) is 0 Å². The Morgan fingerprint density at radius 2 is 1.97 bits per heavy atom. The maximum absolute atomic E-state index is 12.9. The summed E-state index contributed by atoms with van der Waals surface area (Å²) >= 11 is 0. The Hall–Kier alpha value is -3.85. The normalized spacial score (nSPS) is 13.7. The number of aromatic amines is 1. The minimum Gasteiger partial charge on any atom is -0.491 e. The van der Waals surface area contributed by atoms with Gasteiger partial charge in [-0.05, 0) is 36.1 Å². The van der Waals surface area contributed by atoms with Crippen LogP contribution in [-0.2, 0) is 11.2 Å². The van der Waals surface area contributed by atoms with Gasteiger partial charge in [-0.15, -0.1) is 0 Å². The number of amides is 3. The van der Waals surface area contributed by atoms with Gasteiger partial charge in [0, 0.05) is 37.3 Å². The molecule has 3 aromatic rings. The van der Waals surface area contributed by atoms with Crippen molar-refractivity contribution in [2.24, 2.45) is 0 Å². The fourth-order valence-corrected chi connectivity index (χ4v) is 3.49. The molecule has 0 aliphatic heterocycles. The van der Waals surface area contributed by atoms with E-state index in [0.717, 1.165) is 29.5 Å². The highest BCUT2D eigenvalue weighted by Crippen LogP contribution is 2.31. The average Bonchev–Trinajstić information content (AvgIpc) is 3.48. The third kappa shape index (κ3) is 6.58. The largest absolute Gasteiger partial charge is 0.491 e. The lowest BCUT2D eigenvalue weighted by molar-refractivity contribution is -0.123. The lowest BCUT2D eigenvalue weighted by Gasteiger charge is -2.20. The molecule has 1 unspecified atom stereocenters. The molecule has 1 fully saturated rings. The maximum atomic E-state index is 12.9. The molecule has 3 amide bonds. The first kappa shape index (κ1) is 23.3. The number of hydrogen-bond donors (Lipinski definition) is 5. The monoisotopic (exact) mass is 463 g/mol. The molecule has 1 heterocycles. The number of nitrogens with zero attached hydrogens (tertiary/aromatic N) is 1. The number of nitrogens with one attached hydrogen (secondary N) is 4. The van der Waals surface area contributed by atoms with Gasteiger partial charge < -0.3 is 25.8 Å². The Morgan fingerprint density at radius 3 is 2.68 bits per heavy atom. The summed E-state index contributed by atoms with van der Waals surface area (Å²) in [6.07, 6.45) is 6.23. The minimum absolute atomic E-state index is 0.00193. The fraction of sp³-hybridized carbons (Fsp3) is 0.320. The smallest absolute Gasteiger partial charge is 0.320 e. The topological polar surface area (TPSA) is 128 Å². The molecule has 178 valence electrons. The van der Waals surface area contributed by atoms with Gasteiger partial charge in [-0.25, -0.2) is 4.79 Å². The number of ether oxygens (including phenoxy) is 1. The van der Waals surface area contributed by atoms with Crippen molar-refractivity contribution in [3.63, 3.8) is 0 Å². The van der Waals surface area contributed by atoms with E-state index in [9.17, 15) is 9.59 Å². The maximum Gasteiger partial charge on any atom is 0.320 e. The Balaban J connectivity index is 1.47. The minimum atomic E-state index is -0.716. The van der Waals surface area contributed by atoms with Gasteiger partial charge in [0.1, 0.15) is 11.8 Å². The highest BCUT2D eigenvalue weighted by molar-refractivity contribution is 5.95. The number of carbonyl (C=O) groups is 2. The van der Waals surface area contributed by atoms with Crippen LogP contribution in [0.1, 0.15) is 24.8 Å². The van der Waals surface area contributed by atoms with E-state index in [1.807, 2.05) is 36.4 Å². The summed E-state index contributed by atoms with van der Waals surface area (Å²) in [7, 11) is 0. The second-order valence-corrected chi connectivity index (χ2v) is 8.25. The zero-order chi connectivity index (χ0) is 23.8. The van der Waals surface area contributed by atoms with Crippen molar-refractivity contribution < 1.29 is 19.4 Å². The number of rotatable bonds is 11. The van der Waals surface area contributed by atoms with Crippen LogP contribution in [0.5, 0.6) is 5.75 Å². The molecule has 0 spiro atoms. The van der Waals surface area contributed by atoms with E-state index in [1.165, 1.54) is 0 Å². The molecule has 1 saturated carbocycles. The number of H-pyrrole nitrogens is 1. The van der Waals surface area contributed by atoms with E-state index in [1.54, 1.807) is 24.5 Å². The van der Waals surface area contributed by atoms with Gasteiger partial charge in [-0.1, -0.05) is 36.4 Å². The third-order valence-electron chi connectivity index (χ3n) is 5.45. The van der Waals surface area contributed by atoms with Crippen molar-refractivity contribution in [3.8, 4) is 16.9 Å². The van der Waals surface area contributed by atoms with Gasteiger partial charge in [-0.2, -0.15) is 5.10 Å². The van der Waals surface area contributed by atoms with E-state index in [4.69, 9.17) is 9.84 Å². The van der Waals surface area contributed by atoms with E-state index < -0.39 is 12.1 Å². The Kier molecular flexibility index (Phi) is 7.77. The lowest BCUT2D eigenvalue weighted by atomic mass is 10.1. The van der Waals surface area contributed by atoms with Crippen LogP contribution in [0.2, 0.25) is 0 Å². The van der Waals surface area contributed by atoms with Crippen molar-refractivity contribution in [2.45, 2.75) is 37.8 Å². The molecule has 5 N–H and O–H groups in total. The summed E-state index contributed by atoms with van der Waals surface area (Å²) in [6, 6.07) is 13.9. The first-order chi connectivity index (χ1) is 16.6. The fourth-order valence-electron chi connectivity index (χ4n) is 3.49. The zero-order valence-corrected chi connectivity index (χ0v) is 18.8. The molecule has 1 aliphatic carbocycles. The molecule has 1 atom stereocenters. The summed E-state index contributed by atoms with van der Waals surface area (Å²) in [6.45, 7) is 0.296. The first-order valence-corrected chi connectivity index (χ1v) is 11.4. The van der Waals surface area contributed by atoms with Crippen molar-refractivity contribution in [3.05, 3.63) is 66.5 Å². The molecule has 1 aliphatic rings. The van der Waals surface area contributed by atoms with Crippen LogP contribution in [0.3, 0.4) is 0 Å². The molecule has 0 bridgehead atoms. The van der Waals surface area contributed by atoms with Crippen molar-refractivity contribution >= 4 is 17.6 Å². The molecular weight excluding hydrogens is 434 g/mol. The predicted molar refractivity (Wildman–Crippen MR) is 128 cm³/mol. The predicted octanol–water partition coefficient (Wildman–Crippen LogP) is 2.85. The number of hydrogen-bond acceptors (Lipinski definition) is 5. The number of aromatic nitrogens is 2. The number of aliphatic hydroxyl groups is 1. The van der Waals surface area contributed by atoms with Crippen LogP contribution >= 0.6 is 0 Å². The highest BCUT2D eigenvalue weighted by Gasteiger charge is 2.28. The number of benzene rings is 2. The second kappa shape index (κ2) is 11.3.